The third kappa shape index (κ3) is 3.38. The molecule has 2 heterocycles. The molecule has 3 rings (SSSR count). The number of methoxy groups -OCH3 is 1. The Morgan fingerprint density at radius 1 is 1.29 bits per heavy atom. The van der Waals surface area contributed by atoms with E-state index in [4.69, 9.17) is 9.47 Å². The van der Waals surface area contributed by atoms with Crippen molar-refractivity contribution in [1.29, 1.82) is 0 Å². The Morgan fingerprint density at radius 3 is 2.54 bits per heavy atom. The van der Waals surface area contributed by atoms with Gasteiger partial charge in [-0.25, -0.2) is 8.42 Å². The van der Waals surface area contributed by atoms with Crippen LogP contribution in [0.25, 0.3) is 0 Å². The second kappa shape index (κ2) is 6.75. The monoisotopic (exact) mass is 353 g/mol. The van der Waals surface area contributed by atoms with Gasteiger partial charge in [0, 0.05) is 26.8 Å². The van der Waals surface area contributed by atoms with E-state index in [0.717, 1.165) is 25.0 Å². The zero-order valence-corrected chi connectivity index (χ0v) is 15.5. The van der Waals surface area contributed by atoms with Gasteiger partial charge in [-0.2, -0.15) is 4.31 Å². The van der Waals surface area contributed by atoms with Gasteiger partial charge >= 0.3 is 0 Å². The minimum atomic E-state index is -3.41. The minimum absolute atomic E-state index is 0.274. The van der Waals surface area contributed by atoms with E-state index in [1.165, 1.54) is 4.31 Å². The van der Waals surface area contributed by atoms with Crippen LogP contribution in [0, 0.1) is 5.92 Å². The highest BCUT2D eigenvalue weighted by Crippen LogP contribution is 2.41. The Balaban J connectivity index is 1.62. The lowest BCUT2D eigenvalue weighted by atomic mass is 9.88. The van der Waals surface area contributed by atoms with E-state index in [9.17, 15) is 8.42 Å². The van der Waals surface area contributed by atoms with E-state index >= 15 is 0 Å². The Hall–Kier alpha value is -0.950. The van der Waals surface area contributed by atoms with Gasteiger partial charge in [-0.15, -0.1) is 0 Å². The van der Waals surface area contributed by atoms with Crippen LogP contribution >= 0.6 is 0 Å². The van der Waals surface area contributed by atoms with Crippen molar-refractivity contribution in [3.8, 4) is 0 Å². The van der Waals surface area contributed by atoms with E-state index in [0.29, 0.717) is 36.4 Å². The molecule has 1 spiro atoms. The highest BCUT2D eigenvalue weighted by molar-refractivity contribution is 7.89. The van der Waals surface area contributed by atoms with Crippen LogP contribution in [0.5, 0.6) is 0 Å². The second-order valence-electron chi connectivity index (χ2n) is 7.34. The van der Waals surface area contributed by atoms with E-state index in [1.807, 2.05) is 12.1 Å². The molecule has 0 aliphatic carbocycles. The summed E-state index contributed by atoms with van der Waals surface area (Å²) in [6.45, 7) is 6.56. The maximum Gasteiger partial charge on any atom is 0.243 e. The third-order valence-electron chi connectivity index (χ3n) is 5.13. The fraction of sp³-hybridized carbons (Fsp3) is 0.667. The highest BCUT2D eigenvalue weighted by atomic mass is 32.2. The molecule has 0 bridgehead atoms. The summed E-state index contributed by atoms with van der Waals surface area (Å²) in [6, 6.07) is 7.24. The van der Waals surface area contributed by atoms with Gasteiger partial charge < -0.3 is 9.47 Å². The lowest BCUT2D eigenvalue weighted by Crippen LogP contribution is -2.63. The van der Waals surface area contributed by atoms with Crippen LogP contribution in [0.3, 0.4) is 0 Å². The smallest absolute Gasteiger partial charge is 0.243 e. The first kappa shape index (κ1) is 17.9. The molecular formula is C18H27NO4S. The first-order valence-electron chi connectivity index (χ1n) is 8.59. The van der Waals surface area contributed by atoms with Crippen LogP contribution in [-0.2, 0) is 19.5 Å². The number of hydrogen-bond donors (Lipinski definition) is 0. The normalized spacial score (nSPS) is 23.8. The number of benzene rings is 1. The molecule has 1 unspecified atom stereocenters. The molecule has 1 aromatic rings. The average molecular weight is 353 g/mol. The van der Waals surface area contributed by atoms with E-state index in [2.05, 4.69) is 13.8 Å². The second-order valence-corrected chi connectivity index (χ2v) is 9.28. The van der Waals surface area contributed by atoms with Gasteiger partial charge in [0.05, 0.1) is 17.1 Å². The molecule has 2 saturated heterocycles. The van der Waals surface area contributed by atoms with Crippen molar-refractivity contribution in [3.63, 3.8) is 0 Å². The van der Waals surface area contributed by atoms with Crippen molar-refractivity contribution in [2.75, 3.05) is 33.4 Å². The van der Waals surface area contributed by atoms with Crippen molar-refractivity contribution in [2.45, 2.75) is 43.1 Å². The fourth-order valence-electron chi connectivity index (χ4n) is 3.57. The molecule has 0 radical (unpaired) electrons. The van der Waals surface area contributed by atoms with Crippen molar-refractivity contribution in [1.82, 2.24) is 4.31 Å². The number of nitrogens with zero attached hydrogens (tertiary/aromatic N) is 1. The zero-order valence-electron chi connectivity index (χ0n) is 14.7. The van der Waals surface area contributed by atoms with E-state index < -0.39 is 10.0 Å². The van der Waals surface area contributed by atoms with Gasteiger partial charge in [-0.05, 0) is 42.4 Å². The molecule has 24 heavy (non-hydrogen) atoms. The van der Waals surface area contributed by atoms with Crippen LogP contribution < -0.4 is 0 Å². The number of hydrogen-bond acceptors (Lipinski definition) is 4. The SMILES string of the molecule is COCCC1COC2(C1)CN(S(=O)(=O)c1ccc(C(C)C)cc1)C2. The summed E-state index contributed by atoms with van der Waals surface area (Å²) < 4.78 is 38.1. The van der Waals surface area contributed by atoms with E-state index in [1.54, 1.807) is 19.2 Å². The van der Waals surface area contributed by atoms with Crippen molar-refractivity contribution >= 4 is 10.0 Å². The molecule has 2 fully saturated rings. The van der Waals surface area contributed by atoms with Crippen molar-refractivity contribution in [2.24, 2.45) is 5.92 Å². The average Bonchev–Trinajstić information content (AvgIpc) is 2.96. The molecule has 6 heteroatoms. The van der Waals surface area contributed by atoms with Crippen molar-refractivity contribution < 1.29 is 17.9 Å². The molecule has 1 atom stereocenters. The van der Waals surface area contributed by atoms with E-state index in [-0.39, 0.29) is 5.60 Å². The van der Waals surface area contributed by atoms with Gasteiger partial charge in [-0.3, -0.25) is 0 Å². The van der Waals surface area contributed by atoms with Crippen LogP contribution in [-0.4, -0.2) is 51.7 Å². The first-order valence-corrected chi connectivity index (χ1v) is 10.0. The molecule has 2 aliphatic rings. The number of rotatable bonds is 6. The zero-order chi connectivity index (χ0) is 17.4. The van der Waals surface area contributed by atoms with Crippen LogP contribution in [0.4, 0.5) is 0 Å². The summed E-state index contributed by atoms with van der Waals surface area (Å²) in [4.78, 5) is 0.371. The summed E-state index contributed by atoms with van der Waals surface area (Å²) in [5.74, 6) is 0.866. The standard InChI is InChI=1S/C18H27NO4S/c1-14(2)16-4-6-17(7-5-16)24(20,21)19-12-18(13-19)10-15(11-23-18)8-9-22-3/h4-7,14-15H,8-13H2,1-3H3. The summed E-state index contributed by atoms with van der Waals surface area (Å²) in [5, 5.41) is 0. The minimum Gasteiger partial charge on any atom is -0.385 e. The largest absolute Gasteiger partial charge is 0.385 e. The molecule has 2 aliphatic heterocycles. The van der Waals surface area contributed by atoms with Crippen LogP contribution in [0.15, 0.2) is 29.2 Å². The molecule has 0 amide bonds. The van der Waals surface area contributed by atoms with Crippen LogP contribution in [0.2, 0.25) is 0 Å². The molecular weight excluding hydrogens is 326 g/mol. The number of ether oxygens (including phenoxy) is 2. The lowest BCUT2D eigenvalue weighted by molar-refractivity contribution is -0.0773. The van der Waals surface area contributed by atoms with Gasteiger partial charge in [0.15, 0.2) is 0 Å². The third-order valence-corrected chi connectivity index (χ3v) is 6.94. The summed E-state index contributed by atoms with van der Waals surface area (Å²) in [6.07, 6.45) is 1.90. The topological polar surface area (TPSA) is 55.8 Å². The predicted molar refractivity (Wildman–Crippen MR) is 92.6 cm³/mol. The maximum absolute atomic E-state index is 12.7. The van der Waals surface area contributed by atoms with Crippen molar-refractivity contribution in [3.05, 3.63) is 29.8 Å². The Morgan fingerprint density at radius 2 is 1.96 bits per heavy atom. The Kier molecular flexibility index (Phi) is 5.02. The first-order chi connectivity index (χ1) is 11.4. The van der Waals surface area contributed by atoms with Gasteiger partial charge in [-0.1, -0.05) is 26.0 Å². The maximum atomic E-state index is 12.7. The molecule has 0 N–H and O–H groups in total. The molecule has 134 valence electrons. The number of sulfonamides is 1. The quantitative estimate of drug-likeness (QED) is 0.789. The van der Waals surface area contributed by atoms with Gasteiger partial charge in [0.2, 0.25) is 10.0 Å². The highest BCUT2D eigenvalue weighted by Gasteiger charge is 2.53. The molecule has 5 nitrogen and oxygen atoms in total. The molecule has 0 saturated carbocycles. The van der Waals surface area contributed by atoms with Gasteiger partial charge in [0.1, 0.15) is 0 Å². The molecule has 1 aromatic carbocycles. The predicted octanol–water partition coefficient (Wildman–Crippen LogP) is 2.63. The fourth-order valence-corrected chi connectivity index (χ4v) is 5.16. The Labute approximate surface area is 145 Å². The Bertz CT molecular complexity index is 663. The van der Waals surface area contributed by atoms with Crippen LogP contribution in [0.1, 0.15) is 38.2 Å². The summed E-state index contributed by atoms with van der Waals surface area (Å²) in [5.41, 5.74) is 0.873. The summed E-state index contributed by atoms with van der Waals surface area (Å²) in [7, 11) is -1.71. The van der Waals surface area contributed by atoms with Gasteiger partial charge in [0.25, 0.3) is 0 Å². The lowest BCUT2D eigenvalue weighted by Gasteiger charge is -2.46. The molecule has 0 aromatic heterocycles. The summed E-state index contributed by atoms with van der Waals surface area (Å²) >= 11 is 0.